The summed E-state index contributed by atoms with van der Waals surface area (Å²) in [7, 11) is 0. The van der Waals surface area contributed by atoms with Crippen LogP contribution in [0.3, 0.4) is 0 Å². The van der Waals surface area contributed by atoms with Crippen LogP contribution in [0.2, 0.25) is 5.02 Å². The van der Waals surface area contributed by atoms with Crippen LogP contribution in [0.4, 0.5) is 0 Å². The Bertz CT molecular complexity index is 820. The lowest BCUT2D eigenvalue weighted by Crippen LogP contribution is -2.26. The Morgan fingerprint density at radius 3 is 2.88 bits per heavy atom. The lowest BCUT2D eigenvalue weighted by Gasteiger charge is -2.04. The van der Waals surface area contributed by atoms with Crippen molar-refractivity contribution < 1.29 is 4.79 Å². The number of aryl methyl sites for hydroxylation is 1. The van der Waals surface area contributed by atoms with Crippen molar-refractivity contribution in [2.24, 2.45) is 0 Å². The monoisotopic (exact) mass is 359 g/mol. The summed E-state index contributed by atoms with van der Waals surface area (Å²) in [6, 6.07) is 15.8. The summed E-state index contributed by atoms with van der Waals surface area (Å²) in [5.41, 5.74) is 3.03. The minimum Gasteiger partial charge on any atom is -0.355 e. The Balaban J connectivity index is 1.40. The smallest absolute Gasteiger partial charge is 0.230 e. The zero-order valence-corrected chi connectivity index (χ0v) is 14.7. The first-order valence-electron chi connectivity index (χ1n) is 7.79. The van der Waals surface area contributed by atoms with Crippen molar-refractivity contribution in [2.75, 3.05) is 12.3 Å². The molecule has 2 N–H and O–H groups in total. The standard InChI is InChI=1S/C18H18ClN3OS/c19-14-8-9-15-16(11-14)22-18(21-15)24-12-17(23)20-10-4-7-13-5-2-1-3-6-13/h1-3,5-6,8-9,11H,4,7,10,12H2,(H,20,23)(H,21,22). The first-order chi connectivity index (χ1) is 11.7. The summed E-state index contributed by atoms with van der Waals surface area (Å²) in [5.74, 6) is 0.366. The SMILES string of the molecule is O=C(CSc1nc2ccc(Cl)cc2[nH]1)NCCCc1ccccc1. The second-order valence-electron chi connectivity index (χ2n) is 5.43. The number of aromatic nitrogens is 2. The average molecular weight is 360 g/mol. The van der Waals surface area contributed by atoms with E-state index < -0.39 is 0 Å². The number of nitrogens with one attached hydrogen (secondary N) is 2. The van der Waals surface area contributed by atoms with Gasteiger partial charge in [-0.15, -0.1) is 0 Å². The van der Waals surface area contributed by atoms with E-state index >= 15 is 0 Å². The number of fused-ring (bicyclic) bond motifs is 1. The molecule has 0 fully saturated rings. The molecule has 4 nitrogen and oxygen atoms in total. The molecule has 0 aliphatic rings. The van der Waals surface area contributed by atoms with Crippen LogP contribution in [0.25, 0.3) is 11.0 Å². The van der Waals surface area contributed by atoms with Crippen LogP contribution < -0.4 is 5.32 Å². The van der Waals surface area contributed by atoms with Gasteiger partial charge in [0.15, 0.2) is 5.16 Å². The number of rotatable bonds is 7. The quantitative estimate of drug-likeness (QED) is 0.494. The van der Waals surface area contributed by atoms with Gasteiger partial charge in [-0.05, 0) is 36.6 Å². The normalized spacial score (nSPS) is 10.9. The van der Waals surface area contributed by atoms with Gasteiger partial charge in [0, 0.05) is 11.6 Å². The highest BCUT2D eigenvalue weighted by Crippen LogP contribution is 2.21. The molecular weight excluding hydrogens is 342 g/mol. The van der Waals surface area contributed by atoms with Crippen LogP contribution in [-0.2, 0) is 11.2 Å². The minimum atomic E-state index is 0.0200. The zero-order valence-electron chi connectivity index (χ0n) is 13.1. The van der Waals surface area contributed by atoms with Gasteiger partial charge < -0.3 is 10.3 Å². The Kier molecular flexibility index (Phi) is 5.77. The number of aromatic amines is 1. The molecule has 1 heterocycles. The molecule has 0 aliphatic heterocycles. The van der Waals surface area contributed by atoms with Gasteiger partial charge in [-0.2, -0.15) is 0 Å². The predicted molar refractivity (Wildman–Crippen MR) is 99.6 cm³/mol. The Labute approximate surface area is 150 Å². The molecule has 24 heavy (non-hydrogen) atoms. The molecule has 3 aromatic rings. The van der Waals surface area contributed by atoms with E-state index in [9.17, 15) is 4.79 Å². The summed E-state index contributed by atoms with van der Waals surface area (Å²) in [4.78, 5) is 19.5. The van der Waals surface area contributed by atoms with Crippen molar-refractivity contribution in [1.82, 2.24) is 15.3 Å². The summed E-state index contributed by atoms with van der Waals surface area (Å²) in [6.45, 7) is 0.685. The number of amides is 1. The molecule has 1 amide bonds. The Morgan fingerprint density at radius 2 is 2.04 bits per heavy atom. The topological polar surface area (TPSA) is 57.8 Å². The number of carbonyl (C=O) groups is 1. The van der Waals surface area contributed by atoms with E-state index in [4.69, 9.17) is 11.6 Å². The second kappa shape index (κ2) is 8.22. The third-order valence-corrected chi connectivity index (χ3v) is 4.68. The van der Waals surface area contributed by atoms with Crippen LogP contribution >= 0.6 is 23.4 Å². The van der Waals surface area contributed by atoms with Crippen molar-refractivity contribution in [3.05, 3.63) is 59.1 Å². The zero-order chi connectivity index (χ0) is 16.8. The largest absolute Gasteiger partial charge is 0.355 e. The average Bonchev–Trinajstić information content (AvgIpc) is 3.00. The number of nitrogens with zero attached hydrogens (tertiary/aromatic N) is 1. The Hall–Kier alpha value is -1.98. The van der Waals surface area contributed by atoms with Gasteiger partial charge in [0.05, 0.1) is 16.8 Å². The van der Waals surface area contributed by atoms with E-state index in [1.165, 1.54) is 17.3 Å². The van der Waals surface area contributed by atoms with Crippen LogP contribution in [-0.4, -0.2) is 28.2 Å². The van der Waals surface area contributed by atoms with E-state index in [0.717, 1.165) is 29.0 Å². The van der Waals surface area contributed by atoms with Crippen LogP contribution in [0.5, 0.6) is 0 Å². The van der Waals surface area contributed by atoms with Crippen molar-refractivity contribution in [3.8, 4) is 0 Å². The van der Waals surface area contributed by atoms with Crippen molar-refractivity contribution in [1.29, 1.82) is 0 Å². The van der Waals surface area contributed by atoms with Crippen LogP contribution in [0, 0.1) is 0 Å². The molecule has 0 bridgehead atoms. The molecule has 0 saturated carbocycles. The molecule has 6 heteroatoms. The number of benzene rings is 2. The third kappa shape index (κ3) is 4.76. The van der Waals surface area contributed by atoms with Crippen LogP contribution in [0.1, 0.15) is 12.0 Å². The number of thioether (sulfide) groups is 1. The van der Waals surface area contributed by atoms with Gasteiger partial charge in [-0.1, -0.05) is 53.7 Å². The molecule has 0 radical (unpaired) electrons. The first-order valence-corrected chi connectivity index (χ1v) is 9.16. The van der Waals surface area contributed by atoms with Gasteiger partial charge >= 0.3 is 0 Å². The number of halogens is 1. The molecule has 0 spiro atoms. The lowest BCUT2D eigenvalue weighted by atomic mass is 10.1. The number of imidazole rings is 1. The number of hydrogen-bond acceptors (Lipinski definition) is 3. The van der Waals surface area contributed by atoms with Crippen molar-refractivity contribution in [2.45, 2.75) is 18.0 Å². The summed E-state index contributed by atoms with van der Waals surface area (Å²) in [6.07, 6.45) is 1.90. The van der Waals surface area contributed by atoms with Gasteiger partial charge in [-0.3, -0.25) is 4.79 Å². The Morgan fingerprint density at radius 1 is 1.21 bits per heavy atom. The molecular formula is C18H18ClN3OS. The molecule has 2 aromatic carbocycles. The maximum atomic E-state index is 11.9. The fraction of sp³-hybridized carbons (Fsp3) is 0.222. The maximum absolute atomic E-state index is 11.9. The molecule has 0 aliphatic carbocycles. The molecule has 0 atom stereocenters. The number of hydrogen-bond donors (Lipinski definition) is 2. The highest BCUT2D eigenvalue weighted by atomic mass is 35.5. The van der Waals surface area contributed by atoms with Gasteiger partial charge in [0.2, 0.25) is 5.91 Å². The molecule has 3 rings (SSSR count). The third-order valence-electron chi connectivity index (χ3n) is 3.57. The summed E-state index contributed by atoms with van der Waals surface area (Å²) < 4.78 is 0. The molecule has 0 unspecified atom stereocenters. The highest BCUT2D eigenvalue weighted by Gasteiger charge is 2.07. The van der Waals surface area contributed by atoms with Crippen LogP contribution in [0.15, 0.2) is 53.7 Å². The van der Waals surface area contributed by atoms with E-state index in [-0.39, 0.29) is 5.91 Å². The van der Waals surface area contributed by atoms with Crippen molar-refractivity contribution in [3.63, 3.8) is 0 Å². The lowest BCUT2D eigenvalue weighted by molar-refractivity contribution is -0.118. The van der Waals surface area contributed by atoms with Gasteiger partial charge in [-0.25, -0.2) is 4.98 Å². The van der Waals surface area contributed by atoms with E-state index in [1.807, 2.05) is 30.3 Å². The predicted octanol–water partition coefficient (Wildman–Crippen LogP) is 4.06. The van der Waals surface area contributed by atoms with E-state index in [1.54, 1.807) is 6.07 Å². The first kappa shape index (κ1) is 16.9. The van der Waals surface area contributed by atoms with Crippen molar-refractivity contribution >= 4 is 40.3 Å². The highest BCUT2D eigenvalue weighted by molar-refractivity contribution is 7.99. The number of carbonyl (C=O) groups excluding carboxylic acids is 1. The minimum absolute atomic E-state index is 0.0200. The maximum Gasteiger partial charge on any atom is 0.230 e. The molecule has 0 saturated heterocycles. The number of H-pyrrole nitrogens is 1. The van der Waals surface area contributed by atoms with E-state index in [2.05, 4.69) is 27.4 Å². The fourth-order valence-electron chi connectivity index (χ4n) is 2.38. The summed E-state index contributed by atoms with van der Waals surface area (Å²) >= 11 is 7.34. The molecule has 124 valence electrons. The van der Waals surface area contributed by atoms with Gasteiger partial charge in [0.1, 0.15) is 0 Å². The van der Waals surface area contributed by atoms with Gasteiger partial charge in [0.25, 0.3) is 0 Å². The fourth-order valence-corrected chi connectivity index (χ4v) is 3.26. The second-order valence-corrected chi connectivity index (χ2v) is 6.83. The molecule has 1 aromatic heterocycles. The van der Waals surface area contributed by atoms with E-state index in [0.29, 0.717) is 17.3 Å². The summed E-state index contributed by atoms with van der Waals surface area (Å²) in [5, 5.41) is 4.34.